The number of carbonyl (C=O) groups excluding carboxylic acids is 1. The fourth-order valence-corrected chi connectivity index (χ4v) is 2.29. The molecular weight excluding hydrogens is 256 g/mol. The third kappa shape index (κ3) is 5.21. The molecule has 0 saturated carbocycles. The first-order valence-corrected chi connectivity index (χ1v) is 7.21. The van der Waals surface area contributed by atoms with Gasteiger partial charge in [-0.1, -0.05) is 26.7 Å². The summed E-state index contributed by atoms with van der Waals surface area (Å²) < 4.78 is 1.71. The first-order valence-electron chi connectivity index (χ1n) is 7.21. The van der Waals surface area contributed by atoms with Crippen LogP contribution in [0, 0.1) is 0 Å². The highest BCUT2D eigenvalue weighted by Crippen LogP contribution is 2.18. The van der Waals surface area contributed by atoms with Gasteiger partial charge in [-0.15, -0.1) is 0 Å². The largest absolute Gasteiger partial charge is 0.388 e. The van der Waals surface area contributed by atoms with E-state index in [2.05, 4.69) is 15.7 Å². The maximum Gasteiger partial charge on any atom is 0.315 e. The summed E-state index contributed by atoms with van der Waals surface area (Å²) in [6, 6.07) is 1.59. The van der Waals surface area contributed by atoms with E-state index in [0.717, 1.165) is 18.5 Å². The summed E-state index contributed by atoms with van der Waals surface area (Å²) >= 11 is 0. The summed E-state index contributed by atoms with van der Waals surface area (Å²) in [5.41, 5.74) is 0.130. The van der Waals surface area contributed by atoms with Crippen molar-refractivity contribution < 1.29 is 9.90 Å². The highest BCUT2D eigenvalue weighted by Gasteiger charge is 2.25. The van der Waals surface area contributed by atoms with Gasteiger partial charge < -0.3 is 15.7 Å². The van der Waals surface area contributed by atoms with E-state index in [1.54, 1.807) is 10.9 Å². The summed E-state index contributed by atoms with van der Waals surface area (Å²) in [4.78, 5) is 11.7. The normalized spacial score (nSPS) is 11.4. The lowest BCUT2D eigenvalue weighted by atomic mass is 9.93. The molecule has 0 radical (unpaired) electrons. The lowest BCUT2D eigenvalue weighted by Gasteiger charge is -2.27. The number of hydrogen-bond acceptors (Lipinski definition) is 3. The van der Waals surface area contributed by atoms with Crippen LogP contribution in [0.4, 0.5) is 4.79 Å². The van der Waals surface area contributed by atoms with E-state index in [1.165, 1.54) is 0 Å². The smallest absolute Gasteiger partial charge is 0.315 e. The van der Waals surface area contributed by atoms with Gasteiger partial charge in [-0.05, 0) is 18.9 Å². The third-order valence-corrected chi connectivity index (χ3v) is 3.36. The van der Waals surface area contributed by atoms with Crippen molar-refractivity contribution in [3.63, 3.8) is 0 Å². The van der Waals surface area contributed by atoms with E-state index < -0.39 is 5.60 Å². The molecule has 0 atom stereocenters. The molecule has 6 heteroatoms. The fourth-order valence-electron chi connectivity index (χ4n) is 2.29. The van der Waals surface area contributed by atoms with Crippen molar-refractivity contribution in [1.82, 2.24) is 20.4 Å². The maximum absolute atomic E-state index is 11.7. The Bertz CT molecular complexity index is 411. The molecule has 0 unspecified atom stereocenters. The SMILES string of the molecule is CCCC(O)(CCC)CNC(=O)NCc1ccnn1C. The fraction of sp³-hybridized carbons (Fsp3) is 0.714. The summed E-state index contributed by atoms with van der Waals surface area (Å²) in [7, 11) is 1.83. The molecule has 1 aromatic rings. The summed E-state index contributed by atoms with van der Waals surface area (Å²) in [6.45, 7) is 4.76. The van der Waals surface area contributed by atoms with Crippen molar-refractivity contribution >= 4 is 6.03 Å². The van der Waals surface area contributed by atoms with Gasteiger partial charge in [0.05, 0.1) is 17.8 Å². The Labute approximate surface area is 120 Å². The Morgan fingerprint density at radius 1 is 1.35 bits per heavy atom. The molecule has 0 aliphatic carbocycles. The minimum absolute atomic E-state index is 0.267. The zero-order valence-electron chi connectivity index (χ0n) is 12.6. The van der Waals surface area contributed by atoms with Gasteiger partial charge in [0.15, 0.2) is 0 Å². The van der Waals surface area contributed by atoms with Crippen LogP contribution in [-0.4, -0.2) is 33.1 Å². The van der Waals surface area contributed by atoms with E-state index in [0.29, 0.717) is 19.4 Å². The zero-order valence-corrected chi connectivity index (χ0v) is 12.6. The predicted molar refractivity (Wildman–Crippen MR) is 78.2 cm³/mol. The average Bonchev–Trinajstić information content (AvgIpc) is 2.80. The van der Waals surface area contributed by atoms with Crippen molar-refractivity contribution in [3.05, 3.63) is 18.0 Å². The van der Waals surface area contributed by atoms with Crippen LogP contribution in [0.15, 0.2) is 12.3 Å². The second kappa shape index (κ2) is 7.89. The van der Waals surface area contributed by atoms with Gasteiger partial charge >= 0.3 is 6.03 Å². The number of amides is 2. The standard InChI is InChI=1S/C14H26N4O2/c1-4-7-14(20,8-5-2)11-16-13(19)15-10-12-6-9-17-18(12)3/h6,9,20H,4-5,7-8,10-11H2,1-3H3,(H2,15,16,19). The van der Waals surface area contributed by atoms with E-state index >= 15 is 0 Å². The van der Waals surface area contributed by atoms with Gasteiger partial charge in [-0.25, -0.2) is 4.79 Å². The minimum atomic E-state index is -0.798. The number of aryl methyl sites for hydroxylation is 1. The Balaban J connectivity index is 2.36. The molecule has 3 N–H and O–H groups in total. The van der Waals surface area contributed by atoms with Crippen LogP contribution in [0.25, 0.3) is 0 Å². The molecule has 6 nitrogen and oxygen atoms in total. The molecule has 0 saturated heterocycles. The Kier molecular flexibility index (Phi) is 6.51. The van der Waals surface area contributed by atoms with Crippen LogP contribution in [0.2, 0.25) is 0 Å². The molecule has 0 aliphatic heterocycles. The van der Waals surface area contributed by atoms with Crippen molar-refractivity contribution in [2.24, 2.45) is 7.05 Å². The van der Waals surface area contributed by atoms with Crippen molar-refractivity contribution in [1.29, 1.82) is 0 Å². The second-order valence-corrected chi connectivity index (χ2v) is 5.21. The molecule has 0 spiro atoms. The Morgan fingerprint density at radius 3 is 2.50 bits per heavy atom. The molecule has 114 valence electrons. The Hall–Kier alpha value is -1.56. The van der Waals surface area contributed by atoms with Gasteiger partial charge in [0, 0.05) is 19.8 Å². The molecule has 20 heavy (non-hydrogen) atoms. The van der Waals surface area contributed by atoms with Crippen LogP contribution < -0.4 is 10.6 Å². The van der Waals surface area contributed by atoms with Gasteiger partial charge in [0.25, 0.3) is 0 Å². The molecule has 0 aromatic carbocycles. The summed E-state index contributed by atoms with van der Waals surface area (Å²) in [5, 5.41) is 19.9. The van der Waals surface area contributed by atoms with Gasteiger partial charge in [-0.3, -0.25) is 4.68 Å². The molecule has 1 heterocycles. The molecule has 2 amide bonds. The van der Waals surface area contributed by atoms with E-state index in [4.69, 9.17) is 0 Å². The summed E-state index contributed by atoms with van der Waals surface area (Å²) in [6.07, 6.45) is 4.88. The zero-order chi connectivity index (χ0) is 15.0. The second-order valence-electron chi connectivity index (χ2n) is 5.21. The van der Waals surface area contributed by atoms with E-state index in [-0.39, 0.29) is 12.6 Å². The third-order valence-electron chi connectivity index (χ3n) is 3.36. The Morgan fingerprint density at radius 2 is 2.00 bits per heavy atom. The van der Waals surface area contributed by atoms with Crippen LogP contribution in [0.3, 0.4) is 0 Å². The molecule has 1 rings (SSSR count). The number of nitrogens with zero attached hydrogens (tertiary/aromatic N) is 2. The lowest BCUT2D eigenvalue weighted by Crippen LogP contribution is -2.46. The topological polar surface area (TPSA) is 79.2 Å². The van der Waals surface area contributed by atoms with Gasteiger partial charge in [-0.2, -0.15) is 5.10 Å². The number of aromatic nitrogens is 2. The number of hydrogen-bond donors (Lipinski definition) is 3. The van der Waals surface area contributed by atoms with Gasteiger partial charge in [0.1, 0.15) is 0 Å². The number of carbonyl (C=O) groups is 1. The summed E-state index contributed by atoms with van der Waals surface area (Å²) in [5.74, 6) is 0. The van der Waals surface area contributed by atoms with Crippen molar-refractivity contribution in [2.45, 2.75) is 51.7 Å². The quantitative estimate of drug-likeness (QED) is 0.677. The highest BCUT2D eigenvalue weighted by molar-refractivity contribution is 5.73. The molecule has 0 bridgehead atoms. The molecule has 0 fully saturated rings. The maximum atomic E-state index is 11.7. The average molecular weight is 282 g/mol. The number of aliphatic hydroxyl groups is 1. The first kappa shape index (κ1) is 16.5. The molecular formula is C14H26N4O2. The number of rotatable bonds is 8. The lowest BCUT2D eigenvalue weighted by molar-refractivity contribution is 0.0241. The van der Waals surface area contributed by atoms with Crippen molar-refractivity contribution in [2.75, 3.05) is 6.54 Å². The highest BCUT2D eigenvalue weighted by atomic mass is 16.3. The first-order chi connectivity index (χ1) is 9.50. The van der Waals surface area contributed by atoms with E-state index in [9.17, 15) is 9.90 Å². The van der Waals surface area contributed by atoms with Crippen LogP contribution in [0.5, 0.6) is 0 Å². The monoisotopic (exact) mass is 282 g/mol. The predicted octanol–water partition coefficient (Wildman–Crippen LogP) is 1.55. The van der Waals surface area contributed by atoms with Crippen LogP contribution >= 0.6 is 0 Å². The minimum Gasteiger partial charge on any atom is -0.388 e. The number of nitrogens with one attached hydrogen (secondary N) is 2. The van der Waals surface area contributed by atoms with Crippen LogP contribution in [0.1, 0.15) is 45.2 Å². The van der Waals surface area contributed by atoms with Gasteiger partial charge in [0.2, 0.25) is 0 Å². The van der Waals surface area contributed by atoms with Crippen LogP contribution in [-0.2, 0) is 13.6 Å². The van der Waals surface area contributed by atoms with E-state index in [1.807, 2.05) is 27.0 Å². The number of urea groups is 1. The molecule has 0 aliphatic rings. The van der Waals surface area contributed by atoms with Crippen molar-refractivity contribution in [3.8, 4) is 0 Å². The molecule has 1 aromatic heterocycles.